The number of hydrogen-bond donors (Lipinski definition) is 3. The summed E-state index contributed by atoms with van der Waals surface area (Å²) in [5, 5.41) is 5.61. The average molecular weight is 483 g/mol. The standard InChI is InChI=1S/C23H26ClF3N4O2/c1-29-13-19(28)22(33)31(16-6-4-5-14(25)11-16)20(17-7-2-3-8-18(17)24)21(32)30-15-9-10-23(26,27)12-15/h2-8,11,15,19-20,29H,9-10,12-13,28H2,1H3,(H,30,32). The van der Waals surface area contributed by atoms with Crippen LogP contribution < -0.4 is 21.3 Å². The molecule has 3 rings (SSSR count). The molecule has 0 bridgehead atoms. The van der Waals surface area contributed by atoms with Crippen LogP contribution in [0, 0.1) is 5.82 Å². The maximum atomic E-state index is 14.1. The summed E-state index contributed by atoms with van der Waals surface area (Å²) < 4.78 is 41.5. The molecule has 1 aliphatic carbocycles. The van der Waals surface area contributed by atoms with Crippen molar-refractivity contribution in [3.63, 3.8) is 0 Å². The second kappa shape index (κ2) is 10.5. The lowest BCUT2D eigenvalue weighted by Gasteiger charge is -2.34. The van der Waals surface area contributed by atoms with Gasteiger partial charge in [0.25, 0.3) is 0 Å². The first-order valence-corrected chi connectivity index (χ1v) is 10.9. The summed E-state index contributed by atoms with van der Waals surface area (Å²) in [5.74, 6) is -4.86. The molecule has 33 heavy (non-hydrogen) atoms. The Kier molecular flexibility index (Phi) is 7.99. The van der Waals surface area contributed by atoms with E-state index in [0.29, 0.717) is 0 Å². The lowest BCUT2D eigenvalue weighted by Crippen LogP contribution is -2.53. The zero-order valence-corrected chi connectivity index (χ0v) is 18.8. The van der Waals surface area contributed by atoms with Crippen molar-refractivity contribution >= 4 is 29.1 Å². The lowest BCUT2D eigenvalue weighted by atomic mass is 10.0. The molecule has 0 spiro atoms. The normalized spacial score (nSPS) is 19.0. The van der Waals surface area contributed by atoms with Crippen molar-refractivity contribution in [3.8, 4) is 0 Å². The summed E-state index contributed by atoms with van der Waals surface area (Å²) in [6.45, 7) is 0.0936. The van der Waals surface area contributed by atoms with Crippen molar-refractivity contribution in [1.82, 2.24) is 10.6 Å². The molecule has 3 atom stereocenters. The summed E-state index contributed by atoms with van der Waals surface area (Å²) >= 11 is 6.38. The number of nitrogens with two attached hydrogens (primary N) is 1. The van der Waals surface area contributed by atoms with E-state index < -0.39 is 48.1 Å². The first-order chi connectivity index (χ1) is 15.6. The number of halogens is 4. The Hall–Kier alpha value is -2.62. The average Bonchev–Trinajstić information content (AvgIpc) is 3.10. The van der Waals surface area contributed by atoms with Gasteiger partial charge in [0.2, 0.25) is 17.7 Å². The third kappa shape index (κ3) is 6.04. The zero-order valence-electron chi connectivity index (χ0n) is 18.0. The minimum atomic E-state index is -2.87. The van der Waals surface area contributed by atoms with Gasteiger partial charge in [-0.15, -0.1) is 0 Å². The molecule has 2 aromatic rings. The SMILES string of the molecule is CNCC(N)C(=O)N(c1cccc(F)c1)C(C(=O)NC1CCC(F)(F)C1)c1ccccc1Cl. The Morgan fingerprint density at radius 2 is 1.97 bits per heavy atom. The molecule has 2 amide bonds. The zero-order chi connectivity index (χ0) is 24.2. The van der Waals surface area contributed by atoms with Gasteiger partial charge < -0.3 is 16.4 Å². The fraction of sp³-hybridized carbons (Fsp3) is 0.391. The summed E-state index contributed by atoms with van der Waals surface area (Å²) in [4.78, 5) is 28.0. The highest BCUT2D eigenvalue weighted by molar-refractivity contribution is 6.31. The predicted octanol–water partition coefficient (Wildman–Crippen LogP) is 3.40. The molecule has 2 aromatic carbocycles. The van der Waals surface area contributed by atoms with E-state index in [1.54, 1.807) is 31.3 Å². The van der Waals surface area contributed by atoms with Crippen LogP contribution >= 0.6 is 11.6 Å². The number of hydrogen-bond acceptors (Lipinski definition) is 4. The topological polar surface area (TPSA) is 87.5 Å². The molecule has 0 saturated heterocycles. The van der Waals surface area contributed by atoms with Gasteiger partial charge in [-0.3, -0.25) is 14.5 Å². The van der Waals surface area contributed by atoms with Gasteiger partial charge in [0, 0.05) is 41.7 Å². The smallest absolute Gasteiger partial charge is 0.250 e. The highest BCUT2D eigenvalue weighted by Crippen LogP contribution is 2.37. The fourth-order valence-electron chi connectivity index (χ4n) is 3.96. The molecule has 0 radical (unpaired) electrons. The van der Waals surface area contributed by atoms with Gasteiger partial charge >= 0.3 is 0 Å². The van der Waals surface area contributed by atoms with Gasteiger partial charge in [-0.2, -0.15) is 0 Å². The van der Waals surface area contributed by atoms with Gasteiger partial charge in [-0.05, 0) is 37.7 Å². The van der Waals surface area contributed by atoms with Crippen LogP contribution in [0.2, 0.25) is 5.02 Å². The molecule has 0 heterocycles. The van der Waals surface area contributed by atoms with Crippen LogP contribution in [0.1, 0.15) is 30.9 Å². The number of likely N-dealkylation sites (N-methyl/N-ethyl adjacent to an activating group) is 1. The van der Waals surface area contributed by atoms with Gasteiger partial charge in [-0.1, -0.05) is 35.9 Å². The van der Waals surface area contributed by atoms with Crippen molar-refractivity contribution in [1.29, 1.82) is 0 Å². The molecule has 1 fully saturated rings. The van der Waals surface area contributed by atoms with E-state index in [4.69, 9.17) is 17.3 Å². The van der Waals surface area contributed by atoms with Crippen LogP contribution in [0.3, 0.4) is 0 Å². The Balaban J connectivity index is 2.08. The van der Waals surface area contributed by atoms with Crippen molar-refractivity contribution < 1.29 is 22.8 Å². The monoisotopic (exact) mass is 482 g/mol. The quantitative estimate of drug-likeness (QED) is 0.538. The number of rotatable bonds is 8. The van der Waals surface area contributed by atoms with E-state index in [9.17, 15) is 22.8 Å². The summed E-state index contributed by atoms with van der Waals surface area (Å²) in [7, 11) is 1.61. The predicted molar refractivity (Wildman–Crippen MR) is 121 cm³/mol. The molecule has 0 aliphatic heterocycles. The van der Waals surface area contributed by atoms with E-state index in [-0.39, 0.29) is 35.7 Å². The fourth-order valence-corrected chi connectivity index (χ4v) is 4.20. The molecular weight excluding hydrogens is 457 g/mol. The number of anilines is 1. The first kappa shape index (κ1) is 25.0. The molecule has 3 unspecified atom stereocenters. The van der Waals surface area contributed by atoms with Crippen molar-refractivity contribution in [2.75, 3.05) is 18.5 Å². The number of benzene rings is 2. The first-order valence-electron chi connectivity index (χ1n) is 10.5. The molecule has 10 heteroatoms. The summed E-state index contributed by atoms with van der Waals surface area (Å²) in [5.41, 5.74) is 6.39. The number of alkyl halides is 2. The second-order valence-corrected chi connectivity index (χ2v) is 8.49. The van der Waals surface area contributed by atoms with Gasteiger partial charge in [0.1, 0.15) is 11.9 Å². The van der Waals surface area contributed by atoms with E-state index in [1.165, 1.54) is 18.2 Å². The molecule has 178 valence electrons. The highest BCUT2D eigenvalue weighted by Gasteiger charge is 2.42. The lowest BCUT2D eigenvalue weighted by molar-refractivity contribution is -0.127. The van der Waals surface area contributed by atoms with E-state index in [0.717, 1.165) is 11.0 Å². The minimum Gasteiger partial charge on any atom is -0.351 e. The van der Waals surface area contributed by atoms with E-state index >= 15 is 0 Å². The number of carbonyl (C=O) groups excluding carboxylic acids is 2. The molecule has 1 aliphatic rings. The molecule has 4 N–H and O–H groups in total. The van der Waals surface area contributed by atoms with Crippen LogP contribution in [0.25, 0.3) is 0 Å². The maximum Gasteiger partial charge on any atom is 0.250 e. The Morgan fingerprint density at radius 1 is 1.24 bits per heavy atom. The van der Waals surface area contributed by atoms with Gasteiger partial charge in [0.05, 0.1) is 6.04 Å². The van der Waals surface area contributed by atoms with Crippen LogP contribution in [-0.2, 0) is 9.59 Å². The van der Waals surface area contributed by atoms with Gasteiger partial charge in [0.15, 0.2) is 0 Å². The number of nitrogens with zero attached hydrogens (tertiary/aromatic N) is 1. The Labute approximate surface area is 195 Å². The maximum absolute atomic E-state index is 14.1. The molecule has 1 saturated carbocycles. The third-order valence-electron chi connectivity index (χ3n) is 5.52. The molecule has 6 nitrogen and oxygen atoms in total. The van der Waals surface area contributed by atoms with E-state index in [1.807, 2.05) is 0 Å². The van der Waals surface area contributed by atoms with Crippen LogP contribution in [0.4, 0.5) is 18.9 Å². The van der Waals surface area contributed by atoms with Crippen LogP contribution in [-0.4, -0.2) is 43.4 Å². The Bertz CT molecular complexity index is 1010. The number of carbonyl (C=O) groups is 2. The van der Waals surface area contributed by atoms with Crippen LogP contribution in [0.5, 0.6) is 0 Å². The molecule has 0 aromatic heterocycles. The molecular formula is C23H26ClF3N4O2. The van der Waals surface area contributed by atoms with Crippen molar-refractivity contribution in [2.45, 2.75) is 43.3 Å². The van der Waals surface area contributed by atoms with Crippen LogP contribution in [0.15, 0.2) is 48.5 Å². The third-order valence-corrected chi connectivity index (χ3v) is 5.87. The summed E-state index contributed by atoms with van der Waals surface area (Å²) in [6.07, 6.45) is -0.739. The number of nitrogens with one attached hydrogen (secondary N) is 2. The Morgan fingerprint density at radius 3 is 2.58 bits per heavy atom. The largest absolute Gasteiger partial charge is 0.351 e. The van der Waals surface area contributed by atoms with Gasteiger partial charge in [-0.25, -0.2) is 13.2 Å². The highest BCUT2D eigenvalue weighted by atomic mass is 35.5. The van der Waals surface area contributed by atoms with Crippen molar-refractivity contribution in [2.24, 2.45) is 5.73 Å². The van der Waals surface area contributed by atoms with E-state index in [2.05, 4.69) is 10.6 Å². The minimum absolute atomic E-state index is 0.0865. The number of amides is 2. The summed E-state index contributed by atoms with van der Waals surface area (Å²) in [6, 6.07) is 8.36. The van der Waals surface area contributed by atoms with Crippen molar-refractivity contribution in [3.05, 3.63) is 64.9 Å². The second-order valence-electron chi connectivity index (χ2n) is 8.08.